The van der Waals surface area contributed by atoms with Crippen molar-refractivity contribution in [1.82, 2.24) is 9.78 Å². The SMILES string of the molecule is COc1cc(OC)c(C2SC(C)=Nc3c2c(=O)[nH]n3C(C)C)cc1OC. The molecular formula is C18H23N3O4S. The average Bonchev–Trinajstić information content (AvgIpc) is 2.96. The maximum Gasteiger partial charge on any atom is 0.271 e. The number of rotatable bonds is 5. The molecule has 2 aromatic rings. The molecule has 2 heterocycles. The molecule has 3 rings (SSSR count). The number of hydrogen-bond donors (Lipinski definition) is 1. The van der Waals surface area contributed by atoms with Crippen molar-refractivity contribution in [2.45, 2.75) is 32.1 Å². The van der Waals surface area contributed by atoms with E-state index in [1.807, 2.05) is 26.8 Å². The second-order valence-corrected chi connectivity index (χ2v) is 7.52. The van der Waals surface area contributed by atoms with Crippen molar-refractivity contribution in [3.63, 3.8) is 0 Å². The van der Waals surface area contributed by atoms with Crippen molar-refractivity contribution in [2.24, 2.45) is 4.99 Å². The molecular weight excluding hydrogens is 354 g/mol. The minimum atomic E-state index is -0.249. The molecule has 26 heavy (non-hydrogen) atoms. The molecule has 0 spiro atoms. The number of nitrogens with zero attached hydrogens (tertiary/aromatic N) is 2. The predicted octanol–water partition coefficient (Wildman–Crippen LogP) is 3.67. The number of thioether (sulfide) groups is 1. The number of fused-ring (bicyclic) bond motifs is 1. The van der Waals surface area contributed by atoms with Gasteiger partial charge in [0.15, 0.2) is 17.3 Å². The number of aliphatic imine (C=N–C) groups is 1. The summed E-state index contributed by atoms with van der Waals surface area (Å²) in [5.41, 5.74) is 1.33. The molecule has 0 saturated heterocycles. The molecule has 0 fully saturated rings. The summed E-state index contributed by atoms with van der Waals surface area (Å²) in [7, 11) is 4.76. The number of methoxy groups -OCH3 is 3. The Bertz CT molecular complexity index is 914. The zero-order valence-electron chi connectivity index (χ0n) is 15.7. The maximum atomic E-state index is 12.7. The van der Waals surface area contributed by atoms with E-state index in [2.05, 4.69) is 10.1 Å². The Morgan fingerprint density at radius 1 is 1.12 bits per heavy atom. The Balaban J connectivity index is 2.24. The van der Waals surface area contributed by atoms with Gasteiger partial charge in [0.2, 0.25) is 0 Å². The number of ether oxygens (including phenoxy) is 3. The van der Waals surface area contributed by atoms with Gasteiger partial charge in [-0.1, -0.05) is 11.8 Å². The maximum absolute atomic E-state index is 12.7. The fourth-order valence-electron chi connectivity index (χ4n) is 3.06. The summed E-state index contributed by atoms with van der Waals surface area (Å²) in [6, 6.07) is 3.74. The number of benzene rings is 1. The van der Waals surface area contributed by atoms with Crippen LogP contribution in [0.4, 0.5) is 5.82 Å². The number of hydrogen-bond acceptors (Lipinski definition) is 6. The number of aromatic nitrogens is 2. The quantitative estimate of drug-likeness (QED) is 0.860. The van der Waals surface area contributed by atoms with Gasteiger partial charge in [0.25, 0.3) is 5.56 Å². The summed E-state index contributed by atoms with van der Waals surface area (Å²) < 4.78 is 18.2. The van der Waals surface area contributed by atoms with Gasteiger partial charge in [0, 0.05) is 17.7 Å². The molecule has 1 aliphatic rings. The first-order chi connectivity index (χ1) is 12.4. The van der Waals surface area contributed by atoms with Gasteiger partial charge in [-0.15, -0.1) is 0 Å². The smallest absolute Gasteiger partial charge is 0.271 e. The molecule has 1 aliphatic heterocycles. The van der Waals surface area contributed by atoms with E-state index in [9.17, 15) is 4.79 Å². The van der Waals surface area contributed by atoms with E-state index in [-0.39, 0.29) is 16.9 Å². The van der Waals surface area contributed by atoms with Gasteiger partial charge < -0.3 is 14.2 Å². The fourth-order valence-corrected chi connectivity index (χ4v) is 4.18. The zero-order chi connectivity index (χ0) is 19.0. The van der Waals surface area contributed by atoms with Crippen LogP contribution in [0.3, 0.4) is 0 Å². The summed E-state index contributed by atoms with van der Waals surface area (Å²) in [6.45, 7) is 5.96. The van der Waals surface area contributed by atoms with Gasteiger partial charge >= 0.3 is 0 Å². The minimum Gasteiger partial charge on any atom is -0.496 e. The molecule has 0 radical (unpaired) electrons. The van der Waals surface area contributed by atoms with Gasteiger partial charge in [-0.25, -0.2) is 4.99 Å². The third-order valence-electron chi connectivity index (χ3n) is 4.28. The minimum absolute atomic E-state index is 0.0963. The lowest BCUT2D eigenvalue weighted by molar-refractivity contribution is 0.347. The monoisotopic (exact) mass is 377 g/mol. The first kappa shape index (κ1) is 18.4. The van der Waals surface area contributed by atoms with Crippen LogP contribution in [0.5, 0.6) is 17.2 Å². The molecule has 7 nitrogen and oxygen atoms in total. The van der Waals surface area contributed by atoms with E-state index in [0.29, 0.717) is 28.6 Å². The zero-order valence-corrected chi connectivity index (χ0v) is 16.6. The number of aromatic amines is 1. The highest BCUT2D eigenvalue weighted by Crippen LogP contribution is 2.49. The first-order valence-corrected chi connectivity index (χ1v) is 9.15. The Morgan fingerprint density at radius 2 is 1.73 bits per heavy atom. The van der Waals surface area contributed by atoms with Gasteiger partial charge in [-0.05, 0) is 26.8 Å². The van der Waals surface area contributed by atoms with E-state index in [4.69, 9.17) is 14.2 Å². The molecule has 140 valence electrons. The van der Waals surface area contributed by atoms with Crippen LogP contribution in [0.25, 0.3) is 0 Å². The van der Waals surface area contributed by atoms with E-state index in [1.165, 1.54) is 11.8 Å². The van der Waals surface area contributed by atoms with E-state index in [0.717, 1.165) is 10.6 Å². The van der Waals surface area contributed by atoms with Crippen molar-refractivity contribution in [1.29, 1.82) is 0 Å². The van der Waals surface area contributed by atoms with Crippen LogP contribution in [-0.2, 0) is 0 Å². The average molecular weight is 377 g/mol. The van der Waals surface area contributed by atoms with E-state index >= 15 is 0 Å². The third kappa shape index (κ3) is 2.98. The lowest BCUT2D eigenvalue weighted by Gasteiger charge is -2.24. The van der Waals surface area contributed by atoms with Crippen LogP contribution in [0.2, 0.25) is 0 Å². The highest BCUT2D eigenvalue weighted by Gasteiger charge is 2.33. The Labute approximate surface area is 156 Å². The Hall–Kier alpha value is -2.35. The molecule has 0 saturated carbocycles. The summed E-state index contributed by atoms with van der Waals surface area (Å²) in [4.78, 5) is 17.3. The summed E-state index contributed by atoms with van der Waals surface area (Å²) in [6.07, 6.45) is 0. The van der Waals surface area contributed by atoms with Crippen LogP contribution in [0.1, 0.15) is 43.2 Å². The summed E-state index contributed by atoms with van der Waals surface area (Å²) >= 11 is 1.52. The van der Waals surface area contributed by atoms with Crippen LogP contribution in [-0.4, -0.2) is 36.2 Å². The second-order valence-electron chi connectivity index (χ2n) is 6.22. The molecule has 1 atom stereocenters. The van der Waals surface area contributed by atoms with Crippen molar-refractivity contribution in [3.05, 3.63) is 33.6 Å². The van der Waals surface area contributed by atoms with Crippen molar-refractivity contribution in [2.75, 3.05) is 21.3 Å². The lowest BCUT2D eigenvalue weighted by atomic mass is 10.0. The van der Waals surface area contributed by atoms with Crippen molar-refractivity contribution >= 4 is 22.6 Å². The van der Waals surface area contributed by atoms with Gasteiger partial charge in [-0.3, -0.25) is 14.6 Å². The molecule has 1 unspecified atom stereocenters. The van der Waals surface area contributed by atoms with E-state index < -0.39 is 0 Å². The summed E-state index contributed by atoms with van der Waals surface area (Å²) in [5, 5.41) is 3.54. The Morgan fingerprint density at radius 3 is 2.31 bits per heavy atom. The predicted molar refractivity (Wildman–Crippen MR) is 104 cm³/mol. The molecule has 0 aliphatic carbocycles. The third-order valence-corrected chi connectivity index (χ3v) is 5.44. The number of H-pyrrole nitrogens is 1. The molecule has 1 aromatic heterocycles. The van der Waals surface area contributed by atoms with E-state index in [1.54, 1.807) is 32.1 Å². The van der Waals surface area contributed by atoms with Gasteiger partial charge in [0.05, 0.1) is 37.2 Å². The largest absolute Gasteiger partial charge is 0.496 e. The molecule has 0 bridgehead atoms. The molecule has 1 N–H and O–H groups in total. The summed E-state index contributed by atoms with van der Waals surface area (Å²) in [5.74, 6) is 2.47. The standard InChI is InChI=1S/C18H23N3O4S/c1-9(2)21-17-15(18(22)20-21)16(26-10(3)19-17)11-7-13(24-5)14(25-6)8-12(11)23-4/h7-9,16H,1-6H3,(H,20,22). The lowest BCUT2D eigenvalue weighted by Crippen LogP contribution is -2.14. The first-order valence-electron chi connectivity index (χ1n) is 8.27. The van der Waals surface area contributed by atoms with Gasteiger partial charge in [-0.2, -0.15) is 0 Å². The fraction of sp³-hybridized carbons (Fsp3) is 0.444. The Kier molecular flexibility index (Phi) is 5.04. The molecule has 0 amide bonds. The number of nitrogens with one attached hydrogen (secondary N) is 1. The van der Waals surface area contributed by atoms with Crippen LogP contribution < -0.4 is 19.8 Å². The van der Waals surface area contributed by atoms with Crippen molar-refractivity contribution in [3.8, 4) is 17.2 Å². The topological polar surface area (TPSA) is 77.8 Å². The highest BCUT2D eigenvalue weighted by molar-refractivity contribution is 8.14. The normalized spacial score (nSPS) is 16.3. The molecule has 8 heteroatoms. The highest BCUT2D eigenvalue weighted by atomic mass is 32.2. The van der Waals surface area contributed by atoms with Crippen LogP contribution in [0, 0.1) is 0 Å². The van der Waals surface area contributed by atoms with Crippen molar-refractivity contribution < 1.29 is 14.2 Å². The van der Waals surface area contributed by atoms with Crippen LogP contribution >= 0.6 is 11.8 Å². The van der Waals surface area contributed by atoms with Gasteiger partial charge in [0.1, 0.15) is 5.75 Å². The molecule has 1 aromatic carbocycles. The van der Waals surface area contributed by atoms with Crippen LogP contribution in [0.15, 0.2) is 21.9 Å². The second kappa shape index (κ2) is 7.11.